The normalized spacial score (nSPS) is 20.1. The summed E-state index contributed by atoms with van der Waals surface area (Å²) in [7, 11) is 0. The van der Waals surface area contributed by atoms with Crippen molar-refractivity contribution in [2.75, 3.05) is 26.2 Å². The summed E-state index contributed by atoms with van der Waals surface area (Å²) < 4.78 is 13.2. The van der Waals surface area contributed by atoms with Crippen molar-refractivity contribution in [2.45, 2.75) is 18.9 Å². The molecule has 0 bridgehead atoms. The molecule has 0 aliphatic carbocycles. The number of ether oxygens (including phenoxy) is 1. The Morgan fingerprint density at radius 2 is 1.93 bits per heavy atom. The highest BCUT2D eigenvalue weighted by Gasteiger charge is 2.26. The number of likely N-dealkylation sites (tertiary alicyclic amines) is 1. The highest BCUT2D eigenvalue weighted by atomic mass is 16.5. The number of fused-ring (bicyclic) bond motifs is 2. The Bertz CT molecular complexity index is 1060. The third-order valence-electron chi connectivity index (χ3n) is 5.48. The lowest BCUT2D eigenvalue weighted by molar-refractivity contribution is 0.181. The molecule has 0 spiro atoms. The first-order valence-corrected chi connectivity index (χ1v) is 9.51. The largest absolute Gasteiger partial charge is 0.489 e. The van der Waals surface area contributed by atoms with Crippen molar-refractivity contribution in [3.63, 3.8) is 0 Å². The van der Waals surface area contributed by atoms with Gasteiger partial charge in [0.05, 0.1) is 11.6 Å². The minimum absolute atomic E-state index is 0.146. The van der Waals surface area contributed by atoms with Crippen LogP contribution < -0.4 is 10.5 Å². The minimum Gasteiger partial charge on any atom is -0.489 e. The summed E-state index contributed by atoms with van der Waals surface area (Å²) in [6, 6.07) is 16.0. The molecule has 5 rings (SSSR count). The summed E-state index contributed by atoms with van der Waals surface area (Å²) in [5.41, 5.74) is 3.98. The molecule has 1 unspecified atom stereocenters. The summed E-state index contributed by atoms with van der Waals surface area (Å²) in [6.07, 6.45) is 4.31. The van der Waals surface area contributed by atoms with Crippen LogP contribution in [0.5, 0.6) is 5.75 Å². The zero-order valence-corrected chi connectivity index (χ0v) is 15.1. The van der Waals surface area contributed by atoms with E-state index in [9.17, 15) is 4.79 Å². The van der Waals surface area contributed by atoms with Crippen molar-refractivity contribution in [3.8, 4) is 5.75 Å². The van der Waals surface area contributed by atoms with Gasteiger partial charge < -0.3 is 9.15 Å². The second-order valence-electron chi connectivity index (χ2n) is 7.37. The van der Waals surface area contributed by atoms with E-state index in [-0.39, 0.29) is 11.8 Å². The maximum absolute atomic E-state index is 12.4. The number of oxazole rings is 1. The number of hydrogen-bond donors (Lipinski definition) is 0. The molecule has 1 aromatic heterocycles. The third-order valence-corrected chi connectivity index (χ3v) is 5.48. The lowest BCUT2D eigenvalue weighted by Crippen LogP contribution is -2.40. The molecule has 1 fully saturated rings. The summed E-state index contributed by atoms with van der Waals surface area (Å²) in [4.78, 5) is 14.8. The fourth-order valence-corrected chi connectivity index (χ4v) is 4.26. The van der Waals surface area contributed by atoms with Gasteiger partial charge >= 0.3 is 5.76 Å². The molecule has 1 saturated heterocycles. The molecule has 3 heterocycles. The third kappa shape index (κ3) is 3.08. The van der Waals surface area contributed by atoms with Gasteiger partial charge in [-0.05, 0) is 49.2 Å². The number of para-hydroxylation sites is 3. The number of benzene rings is 2. The predicted octanol–water partition coefficient (Wildman–Crippen LogP) is 3.71. The van der Waals surface area contributed by atoms with E-state index in [0.29, 0.717) is 12.2 Å². The first kappa shape index (κ1) is 16.4. The van der Waals surface area contributed by atoms with Gasteiger partial charge in [-0.25, -0.2) is 4.79 Å². The second kappa shape index (κ2) is 6.74. The molecule has 0 N–H and O–H groups in total. The first-order chi connectivity index (χ1) is 13.3. The second-order valence-corrected chi connectivity index (χ2v) is 7.37. The zero-order valence-electron chi connectivity index (χ0n) is 15.1. The van der Waals surface area contributed by atoms with Gasteiger partial charge in [0.25, 0.3) is 0 Å². The number of rotatable bonds is 3. The highest BCUT2D eigenvalue weighted by molar-refractivity contribution is 5.72. The van der Waals surface area contributed by atoms with Crippen LogP contribution in [0.4, 0.5) is 0 Å². The van der Waals surface area contributed by atoms with E-state index in [1.807, 2.05) is 47.0 Å². The molecule has 2 aromatic carbocycles. The van der Waals surface area contributed by atoms with E-state index in [4.69, 9.17) is 9.15 Å². The number of piperidine rings is 1. The van der Waals surface area contributed by atoms with Crippen LogP contribution in [0, 0.1) is 0 Å². The fraction of sp³-hybridized carbons (Fsp3) is 0.318. The minimum atomic E-state index is -0.253. The molecule has 138 valence electrons. The van der Waals surface area contributed by atoms with Gasteiger partial charge in [0.1, 0.15) is 12.4 Å². The van der Waals surface area contributed by atoms with Gasteiger partial charge in [0.2, 0.25) is 0 Å². The Balaban J connectivity index is 1.37. The average molecular weight is 362 g/mol. The fourth-order valence-electron chi connectivity index (χ4n) is 4.26. The Kier molecular flexibility index (Phi) is 4.09. The lowest BCUT2D eigenvalue weighted by atomic mass is 10.0. The smallest absolute Gasteiger partial charge is 0.420 e. The van der Waals surface area contributed by atoms with Crippen LogP contribution in [-0.4, -0.2) is 35.7 Å². The van der Waals surface area contributed by atoms with Crippen LogP contribution in [0.2, 0.25) is 0 Å². The van der Waals surface area contributed by atoms with E-state index in [2.05, 4.69) is 17.0 Å². The molecular formula is C22H22N2O3. The van der Waals surface area contributed by atoms with E-state index >= 15 is 0 Å². The monoisotopic (exact) mass is 362 g/mol. The van der Waals surface area contributed by atoms with Crippen LogP contribution in [-0.2, 0) is 0 Å². The van der Waals surface area contributed by atoms with Crippen molar-refractivity contribution in [3.05, 3.63) is 70.2 Å². The molecular weight excluding hydrogens is 340 g/mol. The summed E-state index contributed by atoms with van der Waals surface area (Å²) in [5.74, 6) is 0.700. The van der Waals surface area contributed by atoms with Crippen molar-refractivity contribution < 1.29 is 9.15 Å². The Morgan fingerprint density at radius 3 is 2.89 bits per heavy atom. The van der Waals surface area contributed by atoms with Crippen molar-refractivity contribution in [1.29, 1.82) is 0 Å². The van der Waals surface area contributed by atoms with Crippen LogP contribution in [0.15, 0.2) is 63.3 Å². The first-order valence-electron chi connectivity index (χ1n) is 9.51. The van der Waals surface area contributed by atoms with Crippen molar-refractivity contribution >= 4 is 17.2 Å². The standard InChI is InChI=1S/C22H22N2O3/c25-22-24(19-8-2-4-10-21(19)27-22)18-7-5-11-23(14-18)13-16-12-17-6-1-3-9-20(17)26-15-16/h1-4,6,8-10,12,18H,5,7,11,13-15H2. The molecule has 2 aliphatic heterocycles. The quantitative estimate of drug-likeness (QED) is 0.713. The lowest BCUT2D eigenvalue weighted by Gasteiger charge is -2.34. The summed E-state index contributed by atoms with van der Waals surface area (Å²) >= 11 is 0. The zero-order chi connectivity index (χ0) is 18.2. The summed E-state index contributed by atoms with van der Waals surface area (Å²) in [6.45, 7) is 3.39. The highest BCUT2D eigenvalue weighted by Crippen LogP contribution is 2.28. The molecule has 1 atom stereocenters. The van der Waals surface area contributed by atoms with E-state index in [0.717, 1.165) is 49.3 Å². The van der Waals surface area contributed by atoms with Crippen LogP contribution in [0.25, 0.3) is 17.2 Å². The predicted molar refractivity (Wildman–Crippen MR) is 105 cm³/mol. The van der Waals surface area contributed by atoms with Crippen LogP contribution in [0.1, 0.15) is 24.4 Å². The number of hydrogen-bond acceptors (Lipinski definition) is 4. The van der Waals surface area contributed by atoms with E-state index < -0.39 is 0 Å². The molecule has 0 saturated carbocycles. The van der Waals surface area contributed by atoms with Gasteiger partial charge in [-0.3, -0.25) is 9.47 Å². The van der Waals surface area contributed by atoms with Gasteiger partial charge in [-0.1, -0.05) is 30.3 Å². The Hall–Kier alpha value is -2.79. The van der Waals surface area contributed by atoms with Gasteiger partial charge in [0, 0.05) is 18.7 Å². The molecule has 5 nitrogen and oxygen atoms in total. The van der Waals surface area contributed by atoms with Crippen LogP contribution >= 0.6 is 0 Å². The molecule has 27 heavy (non-hydrogen) atoms. The Labute approximate surface area is 157 Å². The number of aromatic nitrogens is 1. The van der Waals surface area contributed by atoms with E-state index in [1.165, 1.54) is 5.57 Å². The van der Waals surface area contributed by atoms with Crippen molar-refractivity contribution in [2.24, 2.45) is 0 Å². The average Bonchev–Trinajstić information content (AvgIpc) is 3.04. The topological polar surface area (TPSA) is 47.6 Å². The van der Waals surface area contributed by atoms with Crippen LogP contribution in [0.3, 0.4) is 0 Å². The van der Waals surface area contributed by atoms with Gasteiger partial charge in [-0.15, -0.1) is 0 Å². The maximum atomic E-state index is 12.4. The Morgan fingerprint density at radius 1 is 1.07 bits per heavy atom. The molecule has 0 radical (unpaired) electrons. The molecule has 3 aromatic rings. The van der Waals surface area contributed by atoms with E-state index in [1.54, 1.807) is 0 Å². The van der Waals surface area contributed by atoms with Crippen molar-refractivity contribution in [1.82, 2.24) is 9.47 Å². The maximum Gasteiger partial charge on any atom is 0.420 e. The summed E-state index contributed by atoms with van der Waals surface area (Å²) in [5, 5.41) is 0. The molecule has 5 heteroatoms. The molecule has 0 amide bonds. The van der Waals surface area contributed by atoms with Gasteiger partial charge in [-0.2, -0.15) is 0 Å². The molecule has 2 aliphatic rings. The SMILES string of the molecule is O=c1oc2ccccc2n1C1CCCN(CC2=Cc3ccccc3OC2)C1. The number of nitrogens with zero attached hydrogens (tertiary/aromatic N) is 2. The van der Waals surface area contributed by atoms with Gasteiger partial charge in [0.15, 0.2) is 5.58 Å².